The van der Waals surface area contributed by atoms with Gasteiger partial charge < -0.3 is 9.64 Å². The molecule has 2 fully saturated rings. The van der Waals surface area contributed by atoms with E-state index in [1.165, 1.54) is 0 Å². The molecule has 0 radical (unpaired) electrons. The maximum Gasteiger partial charge on any atom is 0.410 e. The highest BCUT2D eigenvalue weighted by Crippen LogP contribution is 2.50. The third kappa shape index (κ3) is 2.82. The fraction of sp³-hybridized carbons (Fsp3) is 0.923. The lowest BCUT2D eigenvalue weighted by Gasteiger charge is -2.49. The second-order valence-electron chi connectivity index (χ2n) is 6.63. The summed E-state index contributed by atoms with van der Waals surface area (Å²) in [6, 6.07) is 0.0121. The first-order valence-electron chi connectivity index (χ1n) is 6.64. The number of nitroso groups, excluding NO2 is 1. The largest absolute Gasteiger partial charge is 0.444 e. The van der Waals surface area contributed by atoms with E-state index >= 15 is 0 Å². The summed E-state index contributed by atoms with van der Waals surface area (Å²) in [7, 11) is 0. The van der Waals surface area contributed by atoms with Crippen LogP contribution in [0, 0.1) is 10.3 Å². The molecule has 1 saturated carbocycles. The summed E-state index contributed by atoms with van der Waals surface area (Å²) < 4.78 is 5.36. The van der Waals surface area contributed by atoms with Gasteiger partial charge in [-0.1, -0.05) is 5.18 Å². The molecule has 0 unspecified atom stereocenters. The Morgan fingerprint density at radius 2 is 1.83 bits per heavy atom. The number of rotatable bonds is 1. The Kier molecular flexibility index (Phi) is 3.34. The first-order valence-corrected chi connectivity index (χ1v) is 6.64. The van der Waals surface area contributed by atoms with Crippen molar-refractivity contribution in [2.45, 2.75) is 58.1 Å². The molecule has 1 aliphatic carbocycles. The molecule has 1 aliphatic heterocycles. The van der Waals surface area contributed by atoms with Crippen LogP contribution in [0.5, 0.6) is 0 Å². The lowest BCUT2D eigenvalue weighted by Crippen LogP contribution is -2.50. The van der Waals surface area contributed by atoms with Crippen molar-refractivity contribution in [2.24, 2.45) is 10.6 Å². The van der Waals surface area contributed by atoms with Gasteiger partial charge in [0, 0.05) is 13.1 Å². The smallest absolute Gasteiger partial charge is 0.410 e. The number of carbonyl (C=O) groups is 1. The van der Waals surface area contributed by atoms with Crippen molar-refractivity contribution in [3.63, 3.8) is 0 Å². The van der Waals surface area contributed by atoms with E-state index in [4.69, 9.17) is 4.74 Å². The fourth-order valence-corrected chi connectivity index (χ4v) is 2.91. The van der Waals surface area contributed by atoms with Crippen molar-refractivity contribution in [3.05, 3.63) is 4.91 Å². The van der Waals surface area contributed by atoms with Crippen LogP contribution < -0.4 is 0 Å². The molecule has 5 heteroatoms. The van der Waals surface area contributed by atoms with Gasteiger partial charge in [-0.25, -0.2) is 4.79 Å². The minimum absolute atomic E-state index is 0.0121. The van der Waals surface area contributed by atoms with Crippen LogP contribution >= 0.6 is 0 Å². The second kappa shape index (κ2) is 4.52. The minimum atomic E-state index is -0.435. The molecule has 102 valence electrons. The molecule has 1 spiro atoms. The van der Waals surface area contributed by atoms with Crippen LogP contribution in [0.1, 0.15) is 46.5 Å². The van der Waals surface area contributed by atoms with Crippen LogP contribution in [-0.4, -0.2) is 35.7 Å². The van der Waals surface area contributed by atoms with Gasteiger partial charge in [0.2, 0.25) is 0 Å². The molecule has 1 heterocycles. The predicted octanol–water partition coefficient (Wildman–Crippen LogP) is 2.93. The fourth-order valence-electron chi connectivity index (χ4n) is 2.91. The molecule has 0 aromatic heterocycles. The molecular formula is C13H22N2O3. The molecular weight excluding hydrogens is 232 g/mol. The number of nitrogens with zero attached hydrogens (tertiary/aromatic N) is 2. The van der Waals surface area contributed by atoms with Crippen molar-refractivity contribution in [1.82, 2.24) is 4.90 Å². The summed E-state index contributed by atoms with van der Waals surface area (Å²) >= 11 is 0. The summed E-state index contributed by atoms with van der Waals surface area (Å²) in [5.74, 6) is 0. The molecule has 0 N–H and O–H groups in total. The van der Waals surface area contributed by atoms with Crippen LogP contribution in [0.2, 0.25) is 0 Å². The maximum absolute atomic E-state index is 11.9. The van der Waals surface area contributed by atoms with Gasteiger partial charge in [-0.3, -0.25) is 0 Å². The highest BCUT2D eigenvalue weighted by molar-refractivity contribution is 5.68. The molecule has 0 bridgehead atoms. The molecule has 5 nitrogen and oxygen atoms in total. The van der Waals surface area contributed by atoms with Gasteiger partial charge in [0.25, 0.3) is 0 Å². The first-order chi connectivity index (χ1) is 8.34. The maximum atomic E-state index is 11.9. The minimum Gasteiger partial charge on any atom is -0.444 e. The van der Waals surface area contributed by atoms with Gasteiger partial charge in [-0.05, 0) is 51.9 Å². The quantitative estimate of drug-likeness (QED) is 0.676. The average molecular weight is 254 g/mol. The Labute approximate surface area is 108 Å². The van der Waals surface area contributed by atoms with Crippen molar-refractivity contribution in [1.29, 1.82) is 0 Å². The van der Waals surface area contributed by atoms with E-state index in [2.05, 4.69) is 5.18 Å². The Hall–Kier alpha value is -1.13. The Morgan fingerprint density at radius 1 is 1.28 bits per heavy atom. The summed E-state index contributed by atoms with van der Waals surface area (Å²) in [4.78, 5) is 24.1. The predicted molar refractivity (Wildman–Crippen MR) is 68.3 cm³/mol. The Bertz CT molecular complexity index is 333. The molecule has 2 rings (SSSR count). The lowest BCUT2D eigenvalue weighted by atomic mass is 9.61. The number of amides is 1. The standard InChI is InChI=1S/C13H22N2O3/c1-12(2,3)18-11(16)15-6-4-13(5-7-15)8-10(9-13)14-17/h10H,4-9H2,1-3H3. The highest BCUT2D eigenvalue weighted by Gasteiger charge is 2.47. The van der Waals surface area contributed by atoms with Crippen molar-refractivity contribution < 1.29 is 9.53 Å². The summed E-state index contributed by atoms with van der Waals surface area (Å²) in [6.45, 7) is 7.11. The van der Waals surface area contributed by atoms with Crippen LogP contribution in [0.15, 0.2) is 5.18 Å². The highest BCUT2D eigenvalue weighted by atomic mass is 16.6. The van der Waals surface area contributed by atoms with E-state index in [-0.39, 0.29) is 17.6 Å². The van der Waals surface area contributed by atoms with Gasteiger partial charge in [0.05, 0.1) is 6.04 Å². The summed E-state index contributed by atoms with van der Waals surface area (Å²) in [5.41, 5.74) is -0.160. The summed E-state index contributed by atoms with van der Waals surface area (Å²) in [5, 5.41) is 3.09. The number of piperidine rings is 1. The number of likely N-dealkylation sites (tertiary alicyclic amines) is 1. The van der Waals surface area contributed by atoms with Crippen LogP contribution in [0.3, 0.4) is 0 Å². The molecule has 2 aliphatic rings. The third-order valence-corrected chi connectivity index (χ3v) is 3.96. The van der Waals surface area contributed by atoms with Gasteiger partial charge >= 0.3 is 6.09 Å². The van der Waals surface area contributed by atoms with E-state index in [0.717, 1.165) is 38.8 Å². The number of carbonyl (C=O) groups excluding carboxylic acids is 1. The van der Waals surface area contributed by atoms with Gasteiger partial charge in [0.1, 0.15) is 5.60 Å². The Morgan fingerprint density at radius 3 is 2.28 bits per heavy atom. The monoisotopic (exact) mass is 254 g/mol. The topological polar surface area (TPSA) is 59.0 Å². The van der Waals surface area contributed by atoms with Crippen molar-refractivity contribution in [3.8, 4) is 0 Å². The van der Waals surface area contributed by atoms with Crippen molar-refractivity contribution in [2.75, 3.05) is 13.1 Å². The number of hydrogen-bond acceptors (Lipinski definition) is 4. The van der Waals surface area contributed by atoms with Gasteiger partial charge in [-0.2, -0.15) is 4.91 Å². The Balaban J connectivity index is 1.80. The third-order valence-electron chi connectivity index (χ3n) is 3.96. The molecule has 1 saturated heterocycles. The second-order valence-corrected chi connectivity index (χ2v) is 6.63. The van der Waals surface area contributed by atoms with Crippen LogP contribution in [0.25, 0.3) is 0 Å². The van der Waals surface area contributed by atoms with E-state index in [1.807, 2.05) is 20.8 Å². The van der Waals surface area contributed by atoms with Crippen LogP contribution in [-0.2, 0) is 4.74 Å². The van der Waals surface area contributed by atoms with Crippen molar-refractivity contribution >= 4 is 6.09 Å². The number of ether oxygens (including phenoxy) is 1. The zero-order valence-corrected chi connectivity index (χ0v) is 11.4. The first kappa shape index (κ1) is 13.3. The van der Waals surface area contributed by atoms with E-state index in [0.29, 0.717) is 0 Å². The zero-order chi connectivity index (χ0) is 13.4. The average Bonchev–Trinajstić information content (AvgIpc) is 2.23. The molecule has 0 atom stereocenters. The van der Waals surface area contributed by atoms with E-state index in [1.54, 1.807) is 4.90 Å². The van der Waals surface area contributed by atoms with E-state index < -0.39 is 5.60 Å². The SMILES string of the molecule is CC(C)(C)OC(=O)N1CCC2(CC1)CC(N=O)C2. The normalized spacial score (nSPS) is 23.6. The van der Waals surface area contributed by atoms with Gasteiger partial charge in [-0.15, -0.1) is 0 Å². The van der Waals surface area contributed by atoms with Crippen LogP contribution in [0.4, 0.5) is 4.79 Å². The molecule has 18 heavy (non-hydrogen) atoms. The summed E-state index contributed by atoms with van der Waals surface area (Å²) in [6.07, 6.45) is 3.52. The number of hydrogen-bond donors (Lipinski definition) is 0. The molecule has 0 aromatic carbocycles. The molecule has 0 aromatic rings. The van der Waals surface area contributed by atoms with Gasteiger partial charge in [0.15, 0.2) is 0 Å². The molecule has 1 amide bonds. The van der Waals surface area contributed by atoms with E-state index in [9.17, 15) is 9.70 Å². The zero-order valence-electron chi connectivity index (χ0n) is 11.4. The lowest BCUT2D eigenvalue weighted by molar-refractivity contribution is -0.0108.